The van der Waals surface area contributed by atoms with E-state index in [-0.39, 0.29) is 5.92 Å². The average Bonchev–Trinajstić information content (AvgIpc) is 2.43. The van der Waals surface area contributed by atoms with Gasteiger partial charge in [-0.15, -0.1) is 0 Å². The molecule has 2 heteroatoms. The molecule has 0 aliphatic rings. The Morgan fingerprint density at radius 3 is 2.05 bits per heavy atom. The van der Waals surface area contributed by atoms with Crippen molar-refractivity contribution in [2.45, 2.75) is 52.9 Å². The highest BCUT2D eigenvalue weighted by atomic mass is 19.1. The van der Waals surface area contributed by atoms with Gasteiger partial charge in [0.15, 0.2) is 0 Å². The number of rotatable bonds is 4. The first-order valence-corrected chi connectivity index (χ1v) is 7.87. The number of benzene rings is 2. The van der Waals surface area contributed by atoms with Crippen LogP contribution in [0.15, 0.2) is 30.3 Å². The molecule has 0 aliphatic heterocycles. The standard InChI is InChI=1S/C20H24F2/c1-12(2)17-8-6-7-15(14(17)5)9-16-10-18(13(3)4)20(22)11-19(16)21/h6-8,10-13H,9H2,1-5H3. The maximum Gasteiger partial charge on any atom is 0.129 e. The quantitative estimate of drug-likeness (QED) is 0.639. The summed E-state index contributed by atoms with van der Waals surface area (Å²) in [5.74, 6) is -0.438. The first-order valence-electron chi connectivity index (χ1n) is 7.87. The Kier molecular flexibility index (Phi) is 5.00. The third kappa shape index (κ3) is 3.37. The molecule has 118 valence electrons. The molecule has 0 radical (unpaired) electrons. The van der Waals surface area contributed by atoms with Crippen LogP contribution in [0.3, 0.4) is 0 Å². The molecule has 0 amide bonds. The largest absolute Gasteiger partial charge is 0.207 e. The van der Waals surface area contributed by atoms with Crippen LogP contribution in [0.5, 0.6) is 0 Å². The Morgan fingerprint density at radius 1 is 0.818 bits per heavy atom. The van der Waals surface area contributed by atoms with Gasteiger partial charge in [-0.3, -0.25) is 0 Å². The van der Waals surface area contributed by atoms with E-state index in [4.69, 9.17) is 0 Å². The van der Waals surface area contributed by atoms with Gasteiger partial charge in [0.2, 0.25) is 0 Å². The van der Waals surface area contributed by atoms with Crippen molar-refractivity contribution in [3.8, 4) is 0 Å². The van der Waals surface area contributed by atoms with Gasteiger partial charge in [0.05, 0.1) is 0 Å². The fourth-order valence-corrected chi connectivity index (χ4v) is 2.92. The van der Waals surface area contributed by atoms with E-state index in [0.717, 1.165) is 11.6 Å². The van der Waals surface area contributed by atoms with E-state index in [9.17, 15) is 8.78 Å². The smallest absolute Gasteiger partial charge is 0.129 e. The van der Waals surface area contributed by atoms with E-state index >= 15 is 0 Å². The molecule has 0 unspecified atom stereocenters. The van der Waals surface area contributed by atoms with Crippen molar-refractivity contribution in [1.29, 1.82) is 0 Å². The summed E-state index contributed by atoms with van der Waals surface area (Å²) in [6, 6.07) is 8.86. The van der Waals surface area contributed by atoms with Gasteiger partial charge < -0.3 is 0 Å². The van der Waals surface area contributed by atoms with Gasteiger partial charge in [0.25, 0.3) is 0 Å². The van der Waals surface area contributed by atoms with Crippen molar-refractivity contribution in [1.82, 2.24) is 0 Å². The summed E-state index contributed by atoms with van der Waals surface area (Å²) in [6.07, 6.45) is 0.498. The van der Waals surface area contributed by atoms with Crippen LogP contribution >= 0.6 is 0 Å². The Labute approximate surface area is 132 Å². The summed E-state index contributed by atoms with van der Waals surface area (Å²) in [7, 11) is 0. The van der Waals surface area contributed by atoms with Crippen LogP contribution in [0.4, 0.5) is 8.78 Å². The highest BCUT2D eigenvalue weighted by molar-refractivity contribution is 5.40. The van der Waals surface area contributed by atoms with Crippen LogP contribution in [0.1, 0.15) is 67.3 Å². The molecule has 0 atom stereocenters. The Balaban J connectivity index is 2.43. The second kappa shape index (κ2) is 6.60. The molecular formula is C20H24F2. The minimum Gasteiger partial charge on any atom is -0.207 e. The lowest BCUT2D eigenvalue weighted by atomic mass is 9.90. The highest BCUT2D eigenvalue weighted by Crippen LogP contribution is 2.27. The summed E-state index contributed by atoms with van der Waals surface area (Å²) in [5.41, 5.74) is 4.73. The zero-order chi connectivity index (χ0) is 16.4. The predicted molar refractivity (Wildman–Crippen MR) is 88.5 cm³/mol. The lowest BCUT2D eigenvalue weighted by Crippen LogP contribution is -2.03. The number of hydrogen-bond acceptors (Lipinski definition) is 0. The molecule has 0 aromatic heterocycles. The minimum atomic E-state index is -0.462. The Bertz CT molecular complexity index is 670. The first kappa shape index (κ1) is 16.7. The van der Waals surface area contributed by atoms with E-state index in [0.29, 0.717) is 23.5 Å². The lowest BCUT2D eigenvalue weighted by Gasteiger charge is -2.16. The van der Waals surface area contributed by atoms with E-state index in [1.807, 2.05) is 26.0 Å². The Hall–Kier alpha value is -1.70. The van der Waals surface area contributed by atoms with Crippen molar-refractivity contribution in [2.75, 3.05) is 0 Å². The number of halogens is 2. The SMILES string of the molecule is Cc1c(Cc2cc(C(C)C)c(F)cc2F)cccc1C(C)C. The summed E-state index contributed by atoms with van der Waals surface area (Å²) < 4.78 is 28.0. The van der Waals surface area contributed by atoms with Gasteiger partial charge in [-0.05, 0) is 52.6 Å². The molecule has 2 rings (SSSR count). The van der Waals surface area contributed by atoms with E-state index in [1.54, 1.807) is 6.07 Å². The van der Waals surface area contributed by atoms with E-state index in [1.165, 1.54) is 11.1 Å². The maximum absolute atomic E-state index is 14.1. The van der Waals surface area contributed by atoms with Crippen molar-refractivity contribution in [3.63, 3.8) is 0 Å². The second-order valence-corrected chi connectivity index (χ2v) is 6.58. The maximum atomic E-state index is 14.1. The van der Waals surface area contributed by atoms with Gasteiger partial charge >= 0.3 is 0 Å². The number of hydrogen-bond donors (Lipinski definition) is 0. The van der Waals surface area contributed by atoms with Crippen LogP contribution in [0.2, 0.25) is 0 Å². The molecular weight excluding hydrogens is 278 g/mol. The second-order valence-electron chi connectivity index (χ2n) is 6.58. The van der Waals surface area contributed by atoms with Crippen molar-refractivity contribution < 1.29 is 8.78 Å². The summed E-state index contributed by atoms with van der Waals surface area (Å²) in [6.45, 7) is 10.2. The third-order valence-corrected chi connectivity index (χ3v) is 4.28. The van der Waals surface area contributed by atoms with Crippen LogP contribution in [0, 0.1) is 18.6 Å². The molecule has 0 heterocycles. The van der Waals surface area contributed by atoms with E-state index < -0.39 is 11.6 Å². The van der Waals surface area contributed by atoms with E-state index in [2.05, 4.69) is 26.8 Å². The summed E-state index contributed by atoms with van der Waals surface area (Å²) in [4.78, 5) is 0. The fourth-order valence-electron chi connectivity index (χ4n) is 2.92. The highest BCUT2D eigenvalue weighted by Gasteiger charge is 2.14. The minimum absolute atomic E-state index is 0.0439. The molecule has 0 saturated carbocycles. The van der Waals surface area contributed by atoms with Crippen molar-refractivity contribution >= 4 is 0 Å². The normalized spacial score (nSPS) is 11.5. The van der Waals surface area contributed by atoms with Gasteiger partial charge in [-0.2, -0.15) is 0 Å². The molecule has 0 saturated heterocycles. The topological polar surface area (TPSA) is 0 Å². The molecule has 0 nitrogen and oxygen atoms in total. The molecule has 2 aromatic rings. The first-order chi connectivity index (χ1) is 10.3. The van der Waals surface area contributed by atoms with Crippen molar-refractivity contribution in [3.05, 3.63) is 69.8 Å². The predicted octanol–water partition coefficient (Wildman–Crippen LogP) is 6.11. The van der Waals surface area contributed by atoms with Crippen LogP contribution < -0.4 is 0 Å². The molecule has 2 aromatic carbocycles. The molecule has 0 spiro atoms. The molecule has 0 fully saturated rings. The van der Waals surface area contributed by atoms with Gasteiger partial charge in [-0.25, -0.2) is 8.78 Å². The molecule has 22 heavy (non-hydrogen) atoms. The molecule has 0 aliphatic carbocycles. The van der Waals surface area contributed by atoms with Gasteiger partial charge in [0.1, 0.15) is 11.6 Å². The molecule has 0 bridgehead atoms. The van der Waals surface area contributed by atoms with Crippen LogP contribution in [-0.2, 0) is 6.42 Å². The monoisotopic (exact) mass is 302 g/mol. The van der Waals surface area contributed by atoms with Crippen LogP contribution in [0.25, 0.3) is 0 Å². The zero-order valence-electron chi connectivity index (χ0n) is 14.0. The van der Waals surface area contributed by atoms with Crippen molar-refractivity contribution in [2.24, 2.45) is 0 Å². The van der Waals surface area contributed by atoms with Gasteiger partial charge in [0, 0.05) is 12.5 Å². The zero-order valence-corrected chi connectivity index (χ0v) is 14.0. The molecule has 0 N–H and O–H groups in total. The Morgan fingerprint density at radius 2 is 1.45 bits per heavy atom. The summed E-state index contributed by atoms with van der Waals surface area (Å²) in [5, 5.41) is 0. The third-order valence-electron chi connectivity index (χ3n) is 4.28. The van der Waals surface area contributed by atoms with Gasteiger partial charge in [-0.1, -0.05) is 45.9 Å². The fraction of sp³-hybridized carbons (Fsp3) is 0.400. The lowest BCUT2D eigenvalue weighted by molar-refractivity contribution is 0.557. The summed E-state index contributed by atoms with van der Waals surface area (Å²) >= 11 is 0. The van der Waals surface area contributed by atoms with Crippen LogP contribution in [-0.4, -0.2) is 0 Å². The average molecular weight is 302 g/mol.